The minimum absolute atomic E-state index is 0.167. The summed E-state index contributed by atoms with van der Waals surface area (Å²) in [5, 5.41) is 15.0. The number of fused-ring (bicyclic) bond motifs is 1. The van der Waals surface area contributed by atoms with Gasteiger partial charge in [-0.3, -0.25) is 4.79 Å². The predicted octanol–water partition coefficient (Wildman–Crippen LogP) is 4.48. The number of nitriles is 1. The standard InChI is InChI=1S/C22H14ClFN4O/c1-13-2-8-18(21(24)26-13)20-19-10-15(11-25)5-9-17(19)22(29)28(27-20)12-14-3-6-16(23)7-4-14/h2-10H,12H2,1H3. The normalized spacial score (nSPS) is 10.8. The molecule has 0 atom stereocenters. The molecular weight excluding hydrogens is 391 g/mol. The van der Waals surface area contributed by atoms with Gasteiger partial charge in [-0.1, -0.05) is 23.7 Å². The summed E-state index contributed by atoms with van der Waals surface area (Å²) in [4.78, 5) is 16.9. The highest BCUT2D eigenvalue weighted by molar-refractivity contribution is 6.30. The highest BCUT2D eigenvalue weighted by Crippen LogP contribution is 2.27. The molecule has 7 heteroatoms. The van der Waals surface area contributed by atoms with Crippen LogP contribution in [0.5, 0.6) is 0 Å². The molecule has 29 heavy (non-hydrogen) atoms. The van der Waals surface area contributed by atoms with Crippen LogP contribution in [-0.2, 0) is 6.54 Å². The first-order valence-corrected chi connectivity index (χ1v) is 9.17. The molecule has 5 nitrogen and oxygen atoms in total. The van der Waals surface area contributed by atoms with Crippen LogP contribution in [0.25, 0.3) is 22.0 Å². The maximum absolute atomic E-state index is 14.6. The van der Waals surface area contributed by atoms with Crippen molar-refractivity contribution in [3.05, 3.63) is 92.7 Å². The molecule has 2 aromatic heterocycles. The highest BCUT2D eigenvalue weighted by Gasteiger charge is 2.17. The van der Waals surface area contributed by atoms with Crippen LogP contribution in [0.4, 0.5) is 4.39 Å². The number of hydrogen-bond acceptors (Lipinski definition) is 4. The molecule has 2 heterocycles. The monoisotopic (exact) mass is 404 g/mol. The number of nitrogens with zero attached hydrogens (tertiary/aromatic N) is 4. The molecular formula is C22H14ClFN4O. The van der Waals surface area contributed by atoms with Crippen LogP contribution in [0.1, 0.15) is 16.8 Å². The summed E-state index contributed by atoms with van der Waals surface area (Å²) in [5.41, 5.74) is 1.81. The Bertz CT molecular complexity index is 1340. The Morgan fingerprint density at radius 3 is 2.55 bits per heavy atom. The molecule has 0 fully saturated rings. The van der Waals surface area contributed by atoms with Gasteiger partial charge in [0, 0.05) is 16.1 Å². The fourth-order valence-electron chi connectivity index (χ4n) is 3.13. The Hall–Kier alpha value is -3.56. The molecule has 0 aliphatic heterocycles. The SMILES string of the molecule is Cc1ccc(-c2nn(Cc3ccc(Cl)cc3)c(=O)c3ccc(C#N)cc23)c(F)n1. The fourth-order valence-corrected chi connectivity index (χ4v) is 3.25. The first-order valence-electron chi connectivity index (χ1n) is 8.79. The predicted molar refractivity (Wildman–Crippen MR) is 109 cm³/mol. The number of halogens is 2. The lowest BCUT2D eigenvalue weighted by molar-refractivity contribution is 0.581. The molecule has 2 aromatic carbocycles. The Kier molecular flexibility index (Phi) is 4.83. The summed E-state index contributed by atoms with van der Waals surface area (Å²) in [6.07, 6.45) is 0. The molecule has 0 aliphatic rings. The van der Waals surface area contributed by atoms with E-state index >= 15 is 0 Å². The van der Waals surface area contributed by atoms with Crippen LogP contribution in [-0.4, -0.2) is 14.8 Å². The molecule has 0 aliphatic carbocycles. The van der Waals surface area contributed by atoms with Crippen molar-refractivity contribution >= 4 is 22.4 Å². The minimum Gasteiger partial charge on any atom is -0.267 e. The molecule has 0 bridgehead atoms. The second-order valence-corrected chi connectivity index (χ2v) is 7.04. The van der Waals surface area contributed by atoms with Gasteiger partial charge >= 0.3 is 0 Å². The second kappa shape index (κ2) is 7.46. The first-order chi connectivity index (χ1) is 14.0. The highest BCUT2D eigenvalue weighted by atomic mass is 35.5. The third kappa shape index (κ3) is 3.60. The number of hydrogen-bond donors (Lipinski definition) is 0. The maximum Gasteiger partial charge on any atom is 0.274 e. The van der Waals surface area contributed by atoms with Gasteiger partial charge in [0.25, 0.3) is 5.56 Å². The van der Waals surface area contributed by atoms with Gasteiger partial charge in [-0.25, -0.2) is 9.67 Å². The van der Waals surface area contributed by atoms with Crippen LogP contribution >= 0.6 is 11.6 Å². The molecule has 0 spiro atoms. The van der Waals surface area contributed by atoms with Gasteiger partial charge in [0.05, 0.1) is 29.1 Å². The van der Waals surface area contributed by atoms with Crippen molar-refractivity contribution in [2.45, 2.75) is 13.5 Å². The Labute approximate surface area is 170 Å². The van der Waals surface area contributed by atoms with E-state index < -0.39 is 5.95 Å². The lowest BCUT2D eigenvalue weighted by Gasteiger charge is -2.12. The molecule has 0 saturated carbocycles. The summed E-state index contributed by atoms with van der Waals surface area (Å²) >= 11 is 5.93. The van der Waals surface area contributed by atoms with Gasteiger partial charge in [-0.2, -0.15) is 14.8 Å². The summed E-state index contributed by atoms with van der Waals surface area (Å²) in [5.74, 6) is -0.683. The van der Waals surface area contributed by atoms with Crippen molar-refractivity contribution < 1.29 is 4.39 Å². The van der Waals surface area contributed by atoms with E-state index in [-0.39, 0.29) is 23.4 Å². The second-order valence-electron chi connectivity index (χ2n) is 6.60. The van der Waals surface area contributed by atoms with Crippen molar-refractivity contribution in [2.75, 3.05) is 0 Å². The van der Waals surface area contributed by atoms with Gasteiger partial charge in [0.15, 0.2) is 0 Å². The smallest absolute Gasteiger partial charge is 0.267 e. The molecule has 0 saturated heterocycles. The summed E-state index contributed by atoms with van der Waals surface area (Å²) in [6.45, 7) is 1.88. The summed E-state index contributed by atoms with van der Waals surface area (Å²) < 4.78 is 15.9. The Balaban J connectivity index is 1.98. The largest absolute Gasteiger partial charge is 0.274 e. The van der Waals surface area contributed by atoms with Crippen LogP contribution in [0.15, 0.2) is 59.4 Å². The minimum atomic E-state index is -0.683. The fraction of sp³-hybridized carbons (Fsp3) is 0.0909. The quantitative estimate of drug-likeness (QED) is 0.472. The van der Waals surface area contributed by atoms with Gasteiger partial charge in [0.2, 0.25) is 5.95 Å². The molecule has 0 N–H and O–H groups in total. The molecule has 142 valence electrons. The zero-order valence-corrected chi connectivity index (χ0v) is 16.1. The van der Waals surface area contributed by atoms with Gasteiger partial charge in [-0.05, 0) is 55.0 Å². The Morgan fingerprint density at radius 2 is 1.86 bits per heavy atom. The van der Waals surface area contributed by atoms with Gasteiger partial charge < -0.3 is 0 Å². The average Bonchev–Trinajstić information content (AvgIpc) is 2.72. The zero-order valence-electron chi connectivity index (χ0n) is 15.4. The van der Waals surface area contributed by atoms with Gasteiger partial charge in [-0.15, -0.1) is 0 Å². The molecule has 0 radical (unpaired) electrons. The van der Waals surface area contributed by atoms with Crippen molar-refractivity contribution in [1.82, 2.24) is 14.8 Å². The van der Waals surface area contributed by atoms with Crippen LogP contribution < -0.4 is 5.56 Å². The van der Waals surface area contributed by atoms with E-state index in [0.717, 1.165) is 5.56 Å². The number of rotatable bonds is 3. The lowest BCUT2D eigenvalue weighted by Crippen LogP contribution is -2.24. The van der Waals surface area contributed by atoms with Crippen LogP contribution in [0.3, 0.4) is 0 Å². The average molecular weight is 405 g/mol. The van der Waals surface area contributed by atoms with E-state index in [2.05, 4.69) is 10.1 Å². The zero-order chi connectivity index (χ0) is 20.5. The van der Waals surface area contributed by atoms with Crippen molar-refractivity contribution in [1.29, 1.82) is 5.26 Å². The van der Waals surface area contributed by atoms with Crippen molar-refractivity contribution in [3.63, 3.8) is 0 Å². The van der Waals surface area contributed by atoms with Crippen LogP contribution in [0, 0.1) is 24.2 Å². The van der Waals surface area contributed by atoms with E-state index in [9.17, 15) is 14.4 Å². The van der Waals surface area contributed by atoms with E-state index in [1.54, 1.807) is 61.5 Å². The number of aromatic nitrogens is 3. The molecule has 0 unspecified atom stereocenters. The maximum atomic E-state index is 14.6. The van der Waals surface area contributed by atoms with E-state index in [1.807, 2.05) is 6.07 Å². The third-order valence-electron chi connectivity index (χ3n) is 4.58. The van der Waals surface area contributed by atoms with Crippen molar-refractivity contribution in [2.24, 2.45) is 0 Å². The van der Waals surface area contributed by atoms with Crippen LogP contribution in [0.2, 0.25) is 5.02 Å². The Morgan fingerprint density at radius 1 is 1.10 bits per heavy atom. The third-order valence-corrected chi connectivity index (χ3v) is 4.83. The first kappa shape index (κ1) is 18.8. The molecule has 0 amide bonds. The van der Waals surface area contributed by atoms with E-state index in [4.69, 9.17) is 11.6 Å². The van der Waals surface area contributed by atoms with E-state index in [1.165, 1.54) is 4.68 Å². The molecule has 4 aromatic rings. The molecule has 4 rings (SSSR count). The number of aryl methyl sites for hydroxylation is 1. The lowest BCUT2D eigenvalue weighted by atomic mass is 10.0. The number of pyridine rings is 1. The van der Waals surface area contributed by atoms with Crippen molar-refractivity contribution in [3.8, 4) is 17.3 Å². The topological polar surface area (TPSA) is 71.6 Å². The summed E-state index contributed by atoms with van der Waals surface area (Å²) in [6, 6.07) is 17.0. The van der Waals surface area contributed by atoms with Gasteiger partial charge in [0.1, 0.15) is 5.69 Å². The number of benzene rings is 2. The van der Waals surface area contributed by atoms with E-state index in [0.29, 0.717) is 27.1 Å². The summed E-state index contributed by atoms with van der Waals surface area (Å²) in [7, 11) is 0.